The van der Waals surface area contributed by atoms with Gasteiger partial charge in [-0.05, 0) is 12.1 Å². The van der Waals surface area contributed by atoms with Crippen molar-refractivity contribution in [2.45, 2.75) is 4.90 Å². The molecule has 1 unspecified atom stereocenters. The summed E-state index contributed by atoms with van der Waals surface area (Å²) >= 11 is -1.71. The zero-order valence-corrected chi connectivity index (χ0v) is 10.6. The Balaban J connectivity index is 2.23. The summed E-state index contributed by atoms with van der Waals surface area (Å²) in [7, 11) is 0. The predicted octanol–water partition coefficient (Wildman–Crippen LogP) is 2.93. The highest BCUT2D eigenvalue weighted by Gasteiger charge is 2.23. The van der Waals surface area contributed by atoms with Crippen LogP contribution in [0.15, 0.2) is 51.8 Å². The third-order valence-corrected chi connectivity index (χ3v) is 4.09. The number of nitrogens with zero attached hydrogens (tertiary/aromatic N) is 1. The molecule has 2 aromatic carbocycles. The van der Waals surface area contributed by atoms with E-state index in [1.807, 2.05) is 30.3 Å². The molecule has 0 radical (unpaired) electrons. The van der Waals surface area contributed by atoms with E-state index in [0.717, 1.165) is 10.8 Å². The monoisotopic (exact) mass is 275 g/mol. The molecule has 3 rings (SSSR count). The molecule has 0 saturated carbocycles. The number of benzene rings is 2. The highest BCUT2D eigenvalue weighted by molar-refractivity contribution is 7.91. The van der Waals surface area contributed by atoms with Gasteiger partial charge in [0.2, 0.25) is 4.90 Å². The number of para-hydroxylation sites is 2. The molecule has 0 N–H and O–H groups in total. The maximum absolute atomic E-state index is 12.0. The van der Waals surface area contributed by atoms with Crippen molar-refractivity contribution in [3.8, 4) is 0 Å². The molecule has 0 aliphatic heterocycles. The topological polar surface area (TPSA) is 79.3 Å². The second-order valence-corrected chi connectivity index (χ2v) is 5.43. The Kier molecular flexibility index (Phi) is 2.88. The number of furan rings is 1. The average molecular weight is 275 g/mol. The normalized spacial score (nSPS) is 12.9. The van der Waals surface area contributed by atoms with Gasteiger partial charge in [0.05, 0.1) is 16.1 Å². The van der Waals surface area contributed by atoms with Crippen molar-refractivity contribution >= 4 is 33.1 Å². The molecular weight excluding hydrogens is 266 g/mol. The van der Waals surface area contributed by atoms with Crippen LogP contribution in [0.2, 0.25) is 0 Å². The molecule has 1 aromatic heterocycles. The van der Waals surface area contributed by atoms with Crippen LogP contribution in [0.1, 0.15) is 0 Å². The Bertz CT molecular complexity index is 768. The third kappa shape index (κ3) is 2.05. The van der Waals surface area contributed by atoms with E-state index in [4.69, 9.17) is 4.42 Å². The Morgan fingerprint density at radius 1 is 1.11 bits per heavy atom. The van der Waals surface area contributed by atoms with Crippen LogP contribution in [0.3, 0.4) is 0 Å². The highest BCUT2D eigenvalue weighted by atomic mass is 32.2. The molecule has 0 aliphatic carbocycles. The molecule has 0 bridgehead atoms. The van der Waals surface area contributed by atoms with Gasteiger partial charge >= 0.3 is 5.88 Å². The zero-order valence-electron chi connectivity index (χ0n) is 9.74. The number of hydrogen-bond acceptors (Lipinski definition) is 4. The molecule has 0 spiro atoms. The first kappa shape index (κ1) is 12.0. The van der Waals surface area contributed by atoms with Gasteiger partial charge in [-0.25, -0.2) is 0 Å². The lowest BCUT2D eigenvalue weighted by Gasteiger charge is -2.05. The quantitative estimate of drug-likeness (QED) is 0.418. The Hall–Kier alpha value is -2.05. The van der Waals surface area contributed by atoms with Gasteiger partial charge < -0.3 is 8.97 Å². The lowest BCUT2D eigenvalue weighted by molar-refractivity contribution is -0.458. The van der Waals surface area contributed by atoms with E-state index in [1.165, 1.54) is 0 Å². The van der Waals surface area contributed by atoms with Crippen LogP contribution in [-0.2, 0) is 11.2 Å². The molecule has 0 amide bonds. The van der Waals surface area contributed by atoms with Crippen molar-refractivity contribution in [3.63, 3.8) is 0 Å². The molecule has 1 atom stereocenters. The zero-order chi connectivity index (χ0) is 13.4. The van der Waals surface area contributed by atoms with E-state index in [2.05, 4.69) is 0 Å². The minimum Gasteiger partial charge on any atom is -0.606 e. The SMILES string of the molecule is O=[N+]([O-])C[S+]([O-])c1cccc2c1oc1ccccc12. The van der Waals surface area contributed by atoms with Crippen LogP contribution in [0.25, 0.3) is 21.9 Å². The van der Waals surface area contributed by atoms with Gasteiger partial charge in [-0.3, -0.25) is 10.1 Å². The Morgan fingerprint density at radius 3 is 2.63 bits per heavy atom. The van der Waals surface area contributed by atoms with Crippen molar-refractivity contribution < 1.29 is 13.9 Å². The smallest absolute Gasteiger partial charge is 0.353 e. The molecule has 1 heterocycles. The Labute approximate surface area is 111 Å². The van der Waals surface area contributed by atoms with E-state index in [-0.39, 0.29) is 0 Å². The van der Waals surface area contributed by atoms with Crippen molar-refractivity contribution in [2.24, 2.45) is 0 Å². The van der Waals surface area contributed by atoms with E-state index in [9.17, 15) is 14.7 Å². The van der Waals surface area contributed by atoms with Crippen LogP contribution in [0.5, 0.6) is 0 Å². The fraction of sp³-hybridized carbons (Fsp3) is 0.0769. The molecule has 0 saturated heterocycles. The maximum Gasteiger partial charge on any atom is 0.353 e. The van der Waals surface area contributed by atoms with Gasteiger partial charge in [0.1, 0.15) is 5.58 Å². The predicted molar refractivity (Wildman–Crippen MR) is 72.0 cm³/mol. The summed E-state index contributed by atoms with van der Waals surface area (Å²) in [6.07, 6.45) is 0. The lowest BCUT2D eigenvalue weighted by atomic mass is 10.1. The summed E-state index contributed by atoms with van der Waals surface area (Å²) in [5, 5.41) is 12.2. The van der Waals surface area contributed by atoms with Gasteiger partial charge in [0, 0.05) is 10.8 Å². The van der Waals surface area contributed by atoms with Crippen LogP contribution in [0, 0.1) is 10.1 Å². The van der Waals surface area contributed by atoms with Crippen LogP contribution >= 0.6 is 0 Å². The van der Waals surface area contributed by atoms with Crippen molar-refractivity contribution in [1.29, 1.82) is 0 Å². The van der Waals surface area contributed by atoms with Crippen LogP contribution in [-0.4, -0.2) is 15.4 Å². The van der Waals surface area contributed by atoms with Crippen LogP contribution in [0.4, 0.5) is 0 Å². The second-order valence-electron chi connectivity index (χ2n) is 4.04. The summed E-state index contributed by atoms with van der Waals surface area (Å²) in [5.41, 5.74) is 1.15. The fourth-order valence-electron chi connectivity index (χ4n) is 2.07. The first-order valence-corrected chi connectivity index (χ1v) is 6.89. The molecule has 5 nitrogen and oxygen atoms in total. The van der Waals surface area contributed by atoms with E-state index < -0.39 is 22.0 Å². The summed E-state index contributed by atoms with van der Waals surface area (Å²) < 4.78 is 17.6. The summed E-state index contributed by atoms with van der Waals surface area (Å²) in [6.45, 7) is 0. The number of fused-ring (bicyclic) bond motifs is 3. The standard InChI is InChI=1S/C13H9NO4S/c15-14(16)8-19(17)12-7-3-5-10-9-4-1-2-6-11(9)18-13(10)12/h1-7H,8H2. The van der Waals surface area contributed by atoms with Crippen LogP contribution < -0.4 is 0 Å². The molecule has 3 aromatic rings. The largest absolute Gasteiger partial charge is 0.606 e. The summed E-state index contributed by atoms with van der Waals surface area (Å²) in [4.78, 5) is 10.3. The van der Waals surface area contributed by atoms with Gasteiger partial charge in [-0.15, -0.1) is 0 Å². The van der Waals surface area contributed by atoms with E-state index in [0.29, 0.717) is 16.1 Å². The number of hydrogen-bond donors (Lipinski definition) is 0. The summed E-state index contributed by atoms with van der Waals surface area (Å²) in [5.74, 6) is -0.615. The van der Waals surface area contributed by atoms with Gasteiger partial charge in [-0.2, -0.15) is 0 Å². The minimum absolute atomic E-state index is 0.366. The van der Waals surface area contributed by atoms with Crippen molar-refractivity contribution in [2.75, 3.05) is 5.88 Å². The molecular formula is C13H9NO4S. The molecule has 6 heteroatoms. The molecule has 96 valence electrons. The average Bonchev–Trinajstić information content (AvgIpc) is 2.76. The number of rotatable bonds is 3. The van der Waals surface area contributed by atoms with E-state index in [1.54, 1.807) is 12.1 Å². The Morgan fingerprint density at radius 2 is 1.84 bits per heavy atom. The second kappa shape index (κ2) is 4.56. The van der Waals surface area contributed by atoms with Gasteiger partial charge in [-0.1, -0.05) is 30.3 Å². The van der Waals surface area contributed by atoms with E-state index >= 15 is 0 Å². The molecule has 0 fully saturated rings. The maximum atomic E-state index is 12.0. The molecule has 0 aliphatic rings. The third-order valence-electron chi connectivity index (χ3n) is 2.84. The van der Waals surface area contributed by atoms with Crippen molar-refractivity contribution in [3.05, 3.63) is 52.6 Å². The number of nitro groups is 1. The van der Waals surface area contributed by atoms with Gasteiger partial charge in [0.25, 0.3) is 0 Å². The highest BCUT2D eigenvalue weighted by Crippen LogP contribution is 2.32. The first-order valence-electron chi connectivity index (χ1n) is 5.57. The fourth-order valence-corrected chi connectivity index (χ4v) is 2.99. The summed E-state index contributed by atoms with van der Waals surface area (Å²) in [6, 6.07) is 12.6. The molecule has 19 heavy (non-hydrogen) atoms. The first-order chi connectivity index (χ1) is 9.16. The minimum atomic E-state index is -1.71. The lowest BCUT2D eigenvalue weighted by Crippen LogP contribution is -2.14. The van der Waals surface area contributed by atoms with Crippen molar-refractivity contribution in [1.82, 2.24) is 0 Å². The van der Waals surface area contributed by atoms with Gasteiger partial charge in [0.15, 0.2) is 5.58 Å².